The number of nitrogens with two attached hydrogens (primary N) is 1. The minimum atomic E-state index is -4.50. The summed E-state index contributed by atoms with van der Waals surface area (Å²) in [5.74, 6) is 0.397. The molecule has 0 amide bonds. The molecule has 18 heavy (non-hydrogen) atoms. The molecular weight excluding hydrogens is 267 g/mol. The predicted octanol–water partition coefficient (Wildman–Crippen LogP) is 3.24. The van der Waals surface area contributed by atoms with Crippen molar-refractivity contribution in [3.05, 3.63) is 28.8 Å². The molecule has 4 nitrogen and oxygen atoms in total. The van der Waals surface area contributed by atoms with E-state index < -0.39 is 11.2 Å². The summed E-state index contributed by atoms with van der Waals surface area (Å²) in [4.78, 5) is 0. The summed E-state index contributed by atoms with van der Waals surface area (Å²) in [7, 11) is 0. The number of aryl methyl sites for hydroxylation is 1. The Hall–Kier alpha value is -1.83. The third-order valence-electron chi connectivity index (χ3n) is 2.05. The molecule has 8 heteroatoms. The van der Waals surface area contributed by atoms with Crippen molar-refractivity contribution in [1.82, 2.24) is 10.2 Å². The van der Waals surface area contributed by atoms with Crippen molar-refractivity contribution in [2.24, 2.45) is 0 Å². The van der Waals surface area contributed by atoms with Crippen LogP contribution in [-0.2, 0) is 6.18 Å². The highest BCUT2D eigenvalue weighted by Crippen LogP contribution is 2.36. The summed E-state index contributed by atoms with van der Waals surface area (Å²) in [5.41, 5.74) is 6.81. The molecular formula is C10H8F3N3OS. The molecule has 1 heterocycles. The van der Waals surface area contributed by atoms with Gasteiger partial charge in [0.2, 0.25) is 5.01 Å². The van der Waals surface area contributed by atoms with Crippen LogP contribution in [0.1, 0.15) is 10.6 Å². The van der Waals surface area contributed by atoms with Crippen LogP contribution in [0.3, 0.4) is 0 Å². The SMILES string of the molecule is Cc1cc(N)ccc1Oc1nnc(C(F)(F)F)s1. The summed E-state index contributed by atoms with van der Waals surface area (Å²) < 4.78 is 42.2. The van der Waals surface area contributed by atoms with Crippen molar-refractivity contribution in [3.8, 4) is 10.9 Å². The lowest BCUT2D eigenvalue weighted by Crippen LogP contribution is -2.03. The number of anilines is 1. The van der Waals surface area contributed by atoms with Gasteiger partial charge >= 0.3 is 6.18 Å². The van der Waals surface area contributed by atoms with E-state index in [0.29, 0.717) is 28.3 Å². The summed E-state index contributed by atoms with van der Waals surface area (Å²) in [6, 6.07) is 4.81. The molecule has 0 unspecified atom stereocenters. The van der Waals surface area contributed by atoms with E-state index in [1.54, 1.807) is 25.1 Å². The number of hydrogen-bond acceptors (Lipinski definition) is 5. The maximum absolute atomic E-state index is 12.3. The minimum Gasteiger partial charge on any atom is -0.430 e. The number of nitrogen functional groups attached to an aromatic ring is 1. The number of ether oxygens (including phenoxy) is 1. The second kappa shape index (κ2) is 4.45. The molecule has 2 rings (SSSR count). The molecule has 0 saturated carbocycles. The van der Waals surface area contributed by atoms with Gasteiger partial charge in [0.25, 0.3) is 5.19 Å². The third-order valence-corrected chi connectivity index (χ3v) is 2.89. The van der Waals surface area contributed by atoms with Gasteiger partial charge in [0.1, 0.15) is 5.75 Å². The van der Waals surface area contributed by atoms with Gasteiger partial charge in [-0.15, -0.1) is 5.10 Å². The zero-order valence-electron chi connectivity index (χ0n) is 9.15. The fourth-order valence-corrected chi connectivity index (χ4v) is 1.82. The second-order valence-corrected chi connectivity index (χ2v) is 4.44. The molecule has 0 fully saturated rings. The van der Waals surface area contributed by atoms with E-state index in [1.807, 2.05) is 0 Å². The standard InChI is InChI=1S/C10H8F3N3OS/c1-5-4-6(14)2-3-7(5)17-9-16-15-8(18-9)10(11,12)13/h2-4H,14H2,1H3. The normalized spacial score (nSPS) is 11.6. The largest absolute Gasteiger partial charge is 0.445 e. The van der Waals surface area contributed by atoms with Crippen molar-refractivity contribution in [2.75, 3.05) is 5.73 Å². The van der Waals surface area contributed by atoms with Gasteiger partial charge in [0.15, 0.2) is 0 Å². The Bertz CT molecular complexity index is 568. The van der Waals surface area contributed by atoms with Gasteiger partial charge in [0.05, 0.1) is 0 Å². The molecule has 0 saturated heterocycles. The van der Waals surface area contributed by atoms with Crippen molar-refractivity contribution in [3.63, 3.8) is 0 Å². The highest BCUT2D eigenvalue weighted by molar-refractivity contribution is 7.13. The number of alkyl halides is 3. The first kappa shape index (κ1) is 12.6. The Morgan fingerprint density at radius 2 is 2.00 bits per heavy atom. The van der Waals surface area contributed by atoms with Crippen LogP contribution in [-0.4, -0.2) is 10.2 Å². The molecule has 0 atom stereocenters. The summed E-state index contributed by atoms with van der Waals surface area (Å²) >= 11 is 0.347. The first-order valence-electron chi connectivity index (χ1n) is 4.81. The smallest absolute Gasteiger partial charge is 0.430 e. The van der Waals surface area contributed by atoms with E-state index in [2.05, 4.69) is 10.2 Å². The van der Waals surface area contributed by atoms with E-state index in [4.69, 9.17) is 10.5 Å². The van der Waals surface area contributed by atoms with Crippen LogP contribution in [0.15, 0.2) is 18.2 Å². The van der Waals surface area contributed by atoms with Crippen molar-refractivity contribution in [1.29, 1.82) is 0 Å². The topological polar surface area (TPSA) is 61.0 Å². The number of hydrogen-bond donors (Lipinski definition) is 1. The molecule has 0 aliphatic rings. The van der Waals surface area contributed by atoms with Crippen LogP contribution in [0.4, 0.5) is 18.9 Å². The average Bonchev–Trinajstić information content (AvgIpc) is 2.70. The number of nitrogens with zero attached hydrogens (tertiary/aromatic N) is 2. The van der Waals surface area contributed by atoms with Crippen molar-refractivity contribution in [2.45, 2.75) is 13.1 Å². The highest BCUT2D eigenvalue weighted by Gasteiger charge is 2.36. The lowest BCUT2D eigenvalue weighted by atomic mass is 10.2. The molecule has 2 aromatic rings. The molecule has 1 aromatic carbocycles. The molecule has 1 aromatic heterocycles. The van der Waals surface area contributed by atoms with Crippen molar-refractivity contribution < 1.29 is 17.9 Å². The van der Waals surface area contributed by atoms with Gasteiger partial charge in [-0.1, -0.05) is 16.4 Å². The molecule has 0 aliphatic heterocycles. The maximum atomic E-state index is 12.3. The zero-order valence-corrected chi connectivity index (χ0v) is 9.97. The molecule has 0 spiro atoms. The minimum absolute atomic E-state index is 0.157. The average molecular weight is 275 g/mol. The molecule has 0 aliphatic carbocycles. The molecule has 0 bridgehead atoms. The Labute approximate surface area is 104 Å². The quantitative estimate of drug-likeness (QED) is 0.855. The van der Waals surface area contributed by atoms with Gasteiger partial charge in [-0.3, -0.25) is 0 Å². The van der Waals surface area contributed by atoms with Crippen LogP contribution in [0.2, 0.25) is 0 Å². The summed E-state index contributed by atoms with van der Waals surface area (Å²) in [6.07, 6.45) is -4.50. The Morgan fingerprint density at radius 3 is 2.56 bits per heavy atom. The van der Waals surface area contributed by atoms with Gasteiger partial charge in [-0.2, -0.15) is 13.2 Å². The number of aromatic nitrogens is 2. The van der Waals surface area contributed by atoms with Crippen LogP contribution in [0.25, 0.3) is 0 Å². The summed E-state index contributed by atoms with van der Waals surface area (Å²) in [5, 5.41) is 5.17. The third kappa shape index (κ3) is 2.70. The lowest BCUT2D eigenvalue weighted by molar-refractivity contribution is -0.138. The number of rotatable bonds is 2. The maximum Gasteiger partial charge on any atom is 0.445 e. The van der Waals surface area contributed by atoms with E-state index in [0.717, 1.165) is 0 Å². The molecule has 96 valence electrons. The van der Waals surface area contributed by atoms with Gasteiger partial charge in [-0.05, 0) is 30.7 Å². The van der Waals surface area contributed by atoms with Crippen LogP contribution >= 0.6 is 11.3 Å². The second-order valence-electron chi connectivity index (χ2n) is 3.50. The Kier molecular flexibility index (Phi) is 3.12. The van der Waals surface area contributed by atoms with Gasteiger partial charge in [-0.25, -0.2) is 0 Å². The van der Waals surface area contributed by atoms with Crippen LogP contribution < -0.4 is 10.5 Å². The van der Waals surface area contributed by atoms with Gasteiger partial charge < -0.3 is 10.5 Å². The van der Waals surface area contributed by atoms with E-state index in [9.17, 15) is 13.2 Å². The number of benzene rings is 1. The summed E-state index contributed by atoms with van der Waals surface area (Å²) in [6.45, 7) is 1.73. The fraction of sp³-hybridized carbons (Fsp3) is 0.200. The van der Waals surface area contributed by atoms with E-state index in [1.165, 1.54) is 0 Å². The highest BCUT2D eigenvalue weighted by atomic mass is 32.1. The van der Waals surface area contributed by atoms with Crippen LogP contribution in [0.5, 0.6) is 10.9 Å². The molecule has 0 radical (unpaired) electrons. The fourth-order valence-electron chi connectivity index (χ4n) is 1.25. The lowest BCUT2D eigenvalue weighted by Gasteiger charge is -2.05. The number of halogens is 3. The Balaban J connectivity index is 2.21. The molecule has 2 N–H and O–H groups in total. The van der Waals surface area contributed by atoms with Gasteiger partial charge in [0, 0.05) is 5.69 Å². The van der Waals surface area contributed by atoms with E-state index >= 15 is 0 Å². The monoisotopic (exact) mass is 275 g/mol. The first-order chi connectivity index (χ1) is 8.36. The first-order valence-corrected chi connectivity index (χ1v) is 5.62. The zero-order chi connectivity index (χ0) is 13.3. The van der Waals surface area contributed by atoms with E-state index in [-0.39, 0.29) is 5.19 Å². The van der Waals surface area contributed by atoms with Crippen molar-refractivity contribution >= 4 is 17.0 Å². The van der Waals surface area contributed by atoms with Crippen LogP contribution in [0, 0.1) is 6.92 Å². The predicted molar refractivity (Wildman–Crippen MR) is 60.6 cm³/mol. The Morgan fingerprint density at radius 1 is 1.28 bits per heavy atom.